The van der Waals surface area contributed by atoms with Gasteiger partial charge in [-0.05, 0) is 53.9 Å². The van der Waals surface area contributed by atoms with Gasteiger partial charge in [0, 0.05) is 21.7 Å². The molecular formula is C28H23NO2S. The summed E-state index contributed by atoms with van der Waals surface area (Å²) in [6.07, 6.45) is 0. The SMILES string of the molecule is Cc1ccccc1C(=O)Nc1ccc(SCC(=O)c2ccc(-c3ccccc3)cc2)cc1. The fraction of sp³-hybridized carbons (Fsp3) is 0.0714. The normalized spacial score (nSPS) is 10.5. The zero-order valence-electron chi connectivity index (χ0n) is 17.7. The monoisotopic (exact) mass is 437 g/mol. The Bertz CT molecular complexity index is 1220. The summed E-state index contributed by atoms with van der Waals surface area (Å²) >= 11 is 1.49. The molecule has 0 aromatic heterocycles. The number of anilines is 1. The van der Waals surface area contributed by atoms with E-state index >= 15 is 0 Å². The minimum Gasteiger partial charge on any atom is -0.322 e. The Morgan fingerprint density at radius 3 is 2.03 bits per heavy atom. The molecule has 32 heavy (non-hydrogen) atoms. The van der Waals surface area contributed by atoms with Crippen molar-refractivity contribution in [3.05, 3.63) is 120 Å². The average molecular weight is 438 g/mol. The molecule has 0 heterocycles. The van der Waals surface area contributed by atoms with Gasteiger partial charge in [-0.15, -0.1) is 11.8 Å². The van der Waals surface area contributed by atoms with E-state index in [1.807, 2.05) is 97.9 Å². The van der Waals surface area contributed by atoms with Crippen LogP contribution in [0.4, 0.5) is 5.69 Å². The largest absolute Gasteiger partial charge is 0.322 e. The fourth-order valence-corrected chi connectivity index (χ4v) is 4.16. The summed E-state index contributed by atoms with van der Waals surface area (Å²) < 4.78 is 0. The van der Waals surface area contributed by atoms with Gasteiger partial charge < -0.3 is 5.32 Å². The number of carbonyl (C=O) groups excluding carboxylic acids is 2. The molecule has 0 aliphatic heterocycles. The summed E-state index contributed by atoms with van der Waals surface area (Å²) in [4.78, 5) is 26.0. The van der Waals surface area contributed by atoms with Gasteiger partial charge in [-0.3, -0.25) is 9.59 Å². The zero-order valence-corrected chi connectivity index (χ0v) is 18.6. The Balaban J connectivity index is 1.32. The number of aryl methyl sites for hydroxylation is 1. The first-order chi connectivity index (χ1) is 15.6. The molecule has 0 bridgehead atoms. The van der Waals surface area contributed by atoms with E-state index in [9.17, 15) is 9.59 Å². The molecule has 4 aromatic carbocycles. The van der Waals surface area contributed by atoms with Gasteiger partial charge in [-0.1, -0.05) is 72.8 Å². The lowest BCUT2D eigenvalue weighted by Crippen LogP contribution is -2.13. The number of nitrogens with one attached hydrogen (secondary N) is 1. The second kappa shape index (κ2) is 10.1. The molecule has 158 valence electrons. The van der Waals surface area contributed by atoms with Gasteiger partial charge in [0.1, 0.15) is 0 Å². The first-order valence-electron chi connectivity index (χ1n) is 10.4. The van der Waals surface area contributed by atoms with Crippen LogP contribution < -0.4 is 5.32 Å². The number of hydrogen-bond donors (Lipinski definition) is 1. The third kappa shape index (κ3) is 5.34. The van der Waals surface area contributed by atoms with Gasteiger partial charge >= 0.3 is 0 Å². The molecule has 0 unspecified atom stereocenters. The Morgan fingerprint density at radius 2 is 1.34 bits per heavy atom. The first-order valence-corrected chi connectivity index (χ1v) is 11.4. The molecule has 3 nitrogen and oxygen atoms in total. The van der Waals surface area contributed by atoms with E-state index in [1.165, 1.54) is 11.8 Å². The lowest BCUT2D eigenvalue weighted by Gasteiger charge is -2.08. The number of amides is 1. The summed E-state index contributed by atoms with van der Waals surface area (Å²) in [7, 11) is 0. The van der Waals surface area contributed by atoms with Crippen LogP contribution in [-0.2, 0) is 0 Å². The number of Topliss-reactive ketones (excluding diaryl/α,β-unsaturated/α-hetero) is 1. The van der Waals surface area contributed by atoms with E-state index in [2.05, 4.69) is 17.4 Å². The summed E-state index contributed by atoms with van der Waals surface area (Å²) in [6.45, 7) is 1.92. The Morgan fingerprint density at radius 1 is 0.719 bits per heavy atom. The van der Waals surface area contributed by atoms with Gasteiger partial charge in [0.25, 0.3) is 5.91 Å². The Kier molecular flexibility index (Phi) is 6.83. The number of ketones is 1. The molecule has 4 heteroatoms. The number of carbonyl (C=O) groups is 2. The van der Waals surface area contributed by atoms with Crippen LogP contribution in [0.5, 0.6) is 0 Å². The van der Waals surface area contributed by atoms with Crippen molar-refractivity contribution in [2.45, 2.75) is 11.8 Å². The molecule has 4 aromatic rings. The quantitative estimate of drug-likeness (QED) is 0.253. The van der Waals surface area contributed by atoms with E-state index in [4.69, 9.17) is 0 Å². The number of rotatable bonds is 7. The first kappa shape index (κ1) is 21.6. The lowest BCUT2D eigenvalue weighted by molar-refractivity contribution is 0.101. The molecule has 0 aliphatic carbocycles. The van der Waals surface area contributed by atoms with E-state index in [1.54, 1.807) is 0 Å². The van der Waals surface area contributed by atoms with Crippen LogP contribution in [-0.4, -0.2) is 17.4 Å². The molecule has 0 atom stereocenters. The number of thioether (sulfide) groups is 1. The summed E-state index contributed by atoms with van der Waals surface area (Å²) in [5.41, 5.74) is 5.26. The predicted molar refractivity (Wildman–Crippen MR) is 133 cm³/mol. The van der Waals surface area contributed by atoms with Crippen LogP contribution in [0.25, 0.3) is 11.1 Å². The molecule has 0 aliphatic rings. The molecule has 1 N–H and O–H groups in total. The van der Waals surface area contributed by atoms with E-state index in [0.29, 0.717) is 16.9 Å². The van der Waals surface area contributed by atoms with Gasteiger partial charge in [-0.25, -0.2) is 0 Å². The van der Waals surface area contributed by atoms with E-state index in [-0.39, 0.29) is 11.7 Å². The molecule has 0 radical (unpaired) electrons. The number of hydrogen-bond acceptors (Lipinski definition) is 3. The van der Waals surface area contributed by atoms with Gasteiger partial charge in [0.2, 0.25) is 0 Å². The highest BCUT2D eigenvalue weighted by atomic mass is 32.2. The summed E-state index contributed by atoms with van der Waals surface area (Å²) in [5, 5.41) is 2.92. The highest BCUT2D eigenvalue weighted by Gasteiger charge is 2.10. The van der Waals surface area contributed by atoms with Crippen LogP contribution >= 0.6 is 11.8 Å². The van der Waals surface area contributed by atoms with Crippen LogP contribution in [0.3, 0.4) is 0 Å². The fourth-order valence-electron chi connectivity index (χ4n) is 3.37. The highest BCUT2D eigenvalue weighted by Crippen LogP contribution is 2.24. The highest BCUT2D eigenvalue weighted by molar-refractivity contribution is 8.00. The maximum atomic E-state index is 12.6. The number of benzene rings is 4. The average Bonchev–Trinajstić information content (AvgIpc) is 2.84. The van der Waals surface area contributed by atoms with Crippen molar-refractivity contribution in [1.82, 2.24) is 0 Å². The third-order valence-corrected chi connectivity index (χ3v) is 6.20. The second-order valence-corrected chi connectivity index (χ2v) is 8.50. The van der Waals surface area contributed by atoms with Gasteiger partial charge in [0.05, 0.1) is 5.75 Å². The second-order valence-electron chi connectivity index (χ2n) is 7.45. The predicted octanol–water partition coefficient (Wildman–Crippen LogP) is 6.89. The molecule has 1 amide bonds. The Hall–Kier alpha value is -3.63. The van der Waals surface area contributed by atoms with Gasteiger partial charge in [0.15, 0.2) is 5.78 Å². The molecular weight excluding hydrogens is 414 g/mol. The molecule has 0 saturated heterocycles. The molecule has 0 fully saturated rings. The topological polar surface area (TPSA) is 46.2 Å². The standard InChI is InChI=1S/C28H23NO2S/c1-20-7-5-6-10-26(20)28(31)29-24-15-17-25(18-16-24)32-19-27(30)23-13-11-22(12-14-23)21-8-3-2-4-9-21/h2-18H,19H2,1H3,(H,29,31). The van der Waals surface area contributed by atoms with Crippen LogP contribution in [0.2, 0.25) is 0 Å². The summed E-state index contributed by atoms with van der Waals surface area (Å²) in [5.74, 6) is 0.323. The molecule has 0 spiro atoms. The third-order valence-electron chi connectivity index (χ3n) is 5.19. The van der Waals surface area contributed by atoms with Crippen molar-refractivity contribution in [3.63, 3.8) is 0 Å². The molecule has 4 rings (SSSR count). The van der Waals surface area contributed by atoms with Crippen molar-refractivity contribution in [2.24, 2.45) is 0 Å². The van der Waals surface area contributed by atoms with Crippen molar-refractivity contribution < 1.29 is 9.59 Å². The van der Waals surface area contributed by atoms with Crippen molar-refractivity contribution in [2.75, 3.05) is 11.1 Å². The minimum absolute atomic E-state index is 0.0894. The van der Waals surface area contributed by atoms with E-state index in [0.717, 1.165) is 27.3 Å². The van der Waals surface area contributed by atoms with E-state index < -0.39 is 0 Å². The maximum Gasteiger partial charge on any atom is 0.255 e. The maximum absolute atomic E-state index is 12.6. The zero-order chi connectivity index (χ0) is 22.3. The Labute approximate surface area is 192 Å². The van der Waals surface area contributed by atoms with Crippen molar-refractivity contribution in [3.8, 4) is 11.1 Å². The minimum atomic E-state index is -0.127. The van der Waals surface area contributed by atoms with Gasteiger partial charge in [-0.2, -0.15) is 0 Å². The lowest BCUT2D eigenvalue weighted by atomic mass is 10.0. The smallest absolute Gasteiger partial charge is 0.255 e. The van der Waals surface area contributed by atoms with Crippen molar-refractivity contribution in [1.29, 1.82) is 0 Å². The van der Waals surface area contributed by atoms with Crippen LogP contribution in [0.15, 0.2) is 108 Å². The molecule has 0 saturated carbocycles. The summed E-state index contributed by atoms with van der Waals surface area (Å²) in [6, 6.07) is 32.9. The van der Waals surface area contributed by atoms with Crippen LogP contribution in [0, 0.1) is 6.92 Å². The van der Waals surface area contributed by atoms with Crippen molar-refractivity contribution >= 4 is 29.1 Å². The van der Waals surface area contributed by atoms with Crippen LogP contribution in [0.1, 0.15) is 26.3 Å².